The smallest absolute Gasteiger partial charge is 0.255 e. The van der Waals surface area contributed by atoms with Gasteiger partial charge in [-0.1, -0.05) is 47.5 Å². The first-order valence-corrected chi connectivity index (χ1v) is 9.47. The van der Waals surface area contributed by atoms with E-state index in [1.165, 1.54) is 0 Å². The lowest BCUT2D eigenvalue weighted by atomic mass is 10.1. The number of hydrogen-bond donors (Lipinski definition) is 1. The maximum Gasteiger partial charge on any atom is 0.255 e. The molecule has 3 aromatic rings. The zero-order valence-corrected chi connectivity index (χ0v) is 16.0. The number of amides is 1. The van der Waals surface area contributed by atoms with Crippen molar-refractivity contribution in [2.75, 3.05) is 31.1 Å². The minimum Gasteiger partial charge on any atom is -0.352 e. The van der Waals surface area contributed by atoms with Crippen LogP contribution in [0.3, 0.4) is 0 Å². The number of rotatable bonds is 3. The van der Waals surface area contributed by atoms with E-state index in [0.717, 1.165) is 30.2 Å². The quantitative estimate of drug-likeness (QED) is 0.710. The van der Waals surface area contributed by atoms with Crippen molar-refractivity contribution in [1.82, 2.24) is 15.1 Å². The van der Waals surface area contributed by atoms with Crippen LogP contribution in [0.25, 0.3) is 11.3 Å². The standard InChI is InChI=1S/C20H18Cl2N4O/c21-15-7-5-14(6-8-15)18-13-19(24-23-18)25-9-11-26(12-10-25)20(27)16-3-1-2-4-17(16)22/h1-8,13H,9-12H2,(H,23,24). The molecule has 0 atom stereocenters. The van der Waals surface area contributed by atoms with Gasteiger partial charge in [0.05, 0.1) is 16.3 Å². The van der Waals surface area contributed by atoms with Gasteiger partial charge in [-0.2, -0.15) is 5.10 Å². The SMILES string of the molecule is O=C(c1ccccc1Cl)N1CCN(c2cc(-c3ccc(Cl)cc3)[nH]n2)CC1. The number of aromatic amines is 1. The molecule has 138 valence electrons. The van der Waals surface area contributed by atoms with E-state index in [0.29, 0.717) is 28.7 Å². The maximum absolute atomic E-state index is 12.7. The van der Waals surface area contributed by atoms with Gasteiger partial charge in [-0.3, -0.25) is 9.89 Å². The Hall–Kier alpha value is -2.50. The van der Waals surface area contributed by atoms with Gasteiger partial charge < -0.3 is 9.80 Å². The van der Waals surface area contributed by atoms with Gasteiger partial charge in [0.2, 0.25) is 0 Å². The highest BCUT2D eigenvalue weighted by Crippen LogP contribution is 2.24. The van der Waals surface area contributed by atoms with Crippen LogP contribution in [0.4, 0.5) is 5.82 Å². The summed E-state index contributed by atoms with van der Waals surface area (Å²) in [5.41, 5.74) is 2.53. The molecule has 1 aliphatic rings. The molecule has 0 bridgehead atoms. The van der Waals surface area contributed by atoms with Crippen LogP contribution < -0.4 is 4.90 Å². The number of anilines is 1. The van der Waals surface area contributed by atoms with Crippen molar-refractivity contribution in [2.24, 2.45) is 0 Å². The van der Waals surface area contributed by atoms with Crippen molar-refractivity contribution in [1.29, 1.82) is 0 Å². The van der Waals surface area contributed by atoms with Crippen molar-refractivity contribution in [3.05, 3.63) is 70.2 Å². The molecule has 1 fully saturated rings. The maximum atomic E-state index is 12.7. The average molecular weight is 401 g/mol. The van der Waals surface area contributed by atoms with E-state index in [9.17, 15) is 4.79 Å². The van der Waals surface area contributed by atoms with Gasteiger partial charge >= 0.3 is 0 Å². The minimum atomic E-state index is -0.0240. The molecule has 0 spiro atoms. The summed E-state index contributed by atoms with van der Waals surface area (Å²) in [5.74, 6) is 0.855. The lowest BCUT2D eigenvalue weighted by Crippen LogP contribution is -2.49. The second-order valence-corrected chi connectivity index (χ2v) is 7.25. The molecule has 1 N–H and O–H groups in total. The molecule has 2 aromatic carbocycles. The Morgan fingerprint density at radius 2 is 1.67 bits per heavy atom. The summed E-state index contributed by atoms with van der Waals surface area (Å²) in [6.45, 7) is 2.71. The fraction of sp³-hybridized carbons (Fsp3) is 0.200. The molecule has 27 heavy (non-hydrogen) atoms. The molecule has 0 radical (unpaired) electrons. The van der Waals surface area contributed by atoms with Crippen LogP contribution >= 0.6 is 23.2 Å². The summed E-state index contributed by atoms with van der Waals surface area (Å²) in [6, 6.07) is 16.8. The summed E-state index contributed by atoms with van der Waals surface area (Å²) in [6.07, 6.45) is 0. The number of piperazine rings is 1. The fourth-order valence-electron chi connectivity index (χ4n) is 3.19. The van der Waals surface area contributed by atoms with Crippen LogP contribution in [0.15, 0.2) is 54.6 Å². The van der Waals surface area contributed by atoms with E-state index < -0.39 is 0 Å². The van der Waals surface area contributed by atoms with Crippen LogP contribution in [-0.4, -0.2) is 47.2 Å². The number of nitrogens with zero attached hydrogens (tertiary/aromatic N) is 3. The number of benzene rings is 2. The van der Waals surface area contributed by atoms with E-state index >= 15 is 0 Å². The molecule has 2 heterocycles. The van der Waals surface area contributed by atoms with Crippen LogP contribution in [0, 0.1) is 0 Å². The zero-order chi connectivity index (χ0) is 18.8. The van der Waals surface area contributed by atoms with E-state index in [2.05, 4.69) is 15.1 Å². The highest BCUT2D eigenvalue weighted by atomic mass is 35.5. The minimum absolute atomic E-state index is 0.0240. The first-order valence-electron chi connectivity index (χ1n) is 8.72. The lowest BCUT2D eigenvalue weighted by Gasteiger charge is -2.35. The van der Waals surface area contributed by atoms with Crippen molar-refractivity contribution in [3.8, 4) is 11.3 Å². The molecule has 0 aliphatic carbocycles. The van der Waals surface area contributed by atoms with Crippen molar-refractivity contribution >= 4 is 34.9 Å². The van der Waals surface area contributed by atoms with E-state index in [4.69, 9.17) is 23.2 Å². The molecule has 1 saturated heterocycles. The molecule has 1 amide bonds. The zero-order valence-electron chi connectivity index (χ0n) is 14.5. The predicted octanol–water partition coefficient (Wildman–Crippen LogP) is 4.35. The molecule has 0 unspecified atom stereocenters. The number of halogens is 2. The molecule has 7 heteroatoms. The average Bonchev–Trinajstić information content (AvgIpc) is 3.19. The number of H-pyrrole nitrogens is 1. The predicted molar refractivity (Wildman–Crippen MR) is 109 cm³/mol. The van der Waals surface area contributed by atoms with Gasteiger partial charge in [0.1, 0.15) is 0 Å². The molecular weight excluding hydrogens is 383 g/mol. The van der Waals surface area contributed by atoms with Crippen molar-refractivity contribution in [3.63, 3.8) is 0 Å². The fourth-order valence-corrected chi connectivity index (χ4v) is 3.54. The highest BCUT2D eigenvalue weighted by Gasteiger charge is 2.24. The van der Waals surface area contributed by atoms with Crippen LogP contribution in [0.5, 0.6) is 0 Å². The van der Waals surface area contributed by atoms with E-state index in [1.54, 1.807) is 12.1 Å². The van der Waals surface area contributed by atoms with Gasteiger partial charge in [-0.15, -0.1) is 0 Å². The molecule has 5 nitrogen and oxygen atoms in total. The Balaban J connectivity index is 1.42. The van der Waals surface area contributed by atoms with Crippen molar-refractivity contribution < 1.29 is 4.79 Å². The normalized spacial score (nSPS) is 14.4. The second kappa shape index (κ2) is 7.62. The summed E-state index contributed by atoms with van der Waals surface area (Å²) >= 11 is 12.1. The Bertz CT molecular complexity index is 947. The summed E-state index contributed by atoms with van der Waals surface area (Å²) in [4.78, 5) is 16.7. The van der Waals surface area contributed by atoms with Crippen molar-refractivity contribution in [2.45, 2.75) is 0 Å². The van der Waals surface area contributed by atoms with Gasteiger partial charge in [-0.25, -0.2) is 0 Å². The first kappa shape index (κ1) is 17.9. The summed E-state index contributed by atoms with van der Waals surface area (Å²) in [7, 11) is 0. The summed E-state index contributed by atoms with van der Waals surface area (Å²) < 4.78 is 0. The molecule has 1 aliphatic heterocycles. The Kier molecular flexibility index (Phi) is 5.05. The number of carbonyl (C=O) groups excluding carboxylic acids is 1. The van der Waals surface area contributed by atoms with E-state index in [-0.39, 0.29) is 5.91 Å². The molecular formula is C20H18Cl2N4O. The number of nitrogens with one attached hydrogen (secondary N) is 1. The highest BCUT2D eigenvalue weighted by molar-refractivity contribution is 6.33. The number of hydrogen-bond acceptors (Lipinski definition) is 3. The van der Waals surface area contributed by atoms with Crippen LogP contribution in [0.2, 0.25) is 10.0 Å². The first-order chi connectivity index (χ1) is 13.1. The largest absolute Gasteiger partial charge is 0.352 e. The lowest BCUT2D eigenvalue weighted by molar-refractivity contribution is 0.0746. The number of carbonyl (C=O) groups is 1. The molecule has 0 saturated carbocycles. The van der Waals surface area contributed by atoms with E-state index in [1.807, 2.05) is 47.4 Å². The van der Waals surface area contributed by atoms with Crippen LogP contribution in [-0.2, 0) is 0 Å². The van der Waals surface area contributed by atoms with Gasteiger partial charge in [0.25, 0.3) is 5.91 Å². The van der Waals surface area contributed by atoms with Gasteiger partial charge in [-0.05, 0) is 29.8 Å². The third kappa shape index (κ3) is 3.80. The number of aromatic nitrogens is 2. The molecule has 1 aromatic heterocycles. The van der Waals surface area contributed by atoms with Crippen LogP contribution in [0.1, 0.15) is 10.4 Å². The Morgan fingerprint density at radius 3 is 2.37 bits per heavy atom. The Labute approximate surface area is 167 Å². The second-order valence-electron chi connectivity index (χ2n) is 6.41. The Morgan fingerprint density at radius 1 is 0.963 bits per heavy atom. The monoisotopic (exact) mass is 400 g/mol. The molecule has 4 rings (SSSR count). The van der Waals surface area contributed by atoms with Gasteiger partial charge in [0.15, 0.2) is 5.82 Å². The van der Waals surface area contributed by atoms with Gasteiger partial charge in [0, 0.05) is 37.3 Å². The third-order valence-corrected chi connectivity index (χ3v) is 5.30. The topological polar surface area (TPSA) is 52.2 Å². The summed E-state index contributed by atoms with van der Waals surface area (Å²) in [5, 5.41) is 8.69. The third-order valence-electron chi connectivity index (χ3n) is 4.71.